The van der Waals surface area contributed by atoms with Crippen molar-refractivity contribution in [2.45, 2.75) is 0 Å². The predicted molar refractivity (Wildman–Crippen MR) is 97.1 cm³/mol. The molecule has 0 saturated carbocycles. The van der Waals surface area contributed by atoms with Crippen molar-refractivity contribution in [2.24, 2.45) is 11.6 Å². The van der Waals surface area contributed by atoms with Crippen molar-refractivity contribution in [3.8, 4) is 11.1 Å². The molecule has 0 heterocycles. The summed E-state index contributed by atoms with van der Waals surface area (Å²) in [6.07, 6.45) is 3.20. The van der Waals surface area contributed by atoms with Gasteiger partial charge >= 0.3 is 5.97 Å². The molecule has 0 amide bonds. The SMILES string of the molecule is NNC(/C=C/c1ccc(-c2ccc(Cl)c(Cl)c2)cc1)=C(\N)C(=O)O. The van der Waals surface area contributed by atoms with Crippen molar-refractivity contribution in [1.82, 2.24) is 5.43 Å². The van der Waals surface area contributed by atoms with E-state index in [-0.39, 0.29) is 11.4 Å². The largest absolute Gasteiger partial charge is 0.477 e. The van der Waals surface area contributed by atoms with Crippen LogP contribution in [-0.4, -0.2) is 11.1 Å². The molecule has 0 atom stereocenters. The Bertz CT molecular complexity index is 815. The van der Waals surface area contributed by atoms with Crippen molar-refractivity contribution < 1.29 is 9.90 Å². The number of hydrazine groups is 1. The maximum absolute atomic E-state index is 10.8. The van der Waals surface area contributed by atoms with E-state index < -0.39 is 5.97 Å². The summed E-state index contributed by atoms with van der Waals surface area (Å²) >= 11 is 11.9. The number of benzene rings is 2. The Morgan fingerprint density at radius 1 is 1.04 bits per heavy atom. The number of aliphatic carboxylic acids is 1. The fourth-order valence-electron chi connectivity index (χ4n) is 1.97. The molecule has 124 valence electrons. The molecule has 0 bridgehead atoms. The van der Waals surface area contributed by atoms with Gasteiger partial charge in [-0.1, -0.05) is 59.6 Å². The standard InChI is InChI=1S/C17H15Cl2N3O2/c18-13-7-6-12(9-14(13)19)11-4-1-10(2-5-11)3-8-15(22-21)16(20)17(23)24/h1-9,22H,20-21H2,(H,23,24)/b8-3+,16-15-. The normalized spacial score (nSPS) is 12.1. The smallest absolute Gasteiger partial charge is 0.353 e. The minimum Gasteiger partial charge on any atom is -0.477 e. The zero-order valence-corrected chi connectivity index (χ0v) is 14.0. The Kier molecular flexibility index (Phi) is 5.87. The maximum Gasteiger partial charge on any atom is 0.353 e. The Morgan fingerprint density at radius 3 is 2.21 bits per heavy atom. The van der Waals surface area contributed by atoms with Crippen LogP contribution >= 0.6 is 23.2 Å². The molecule has 0 saturated heterocycles. The van der Waals surface area contributed by atoms with Crippen molar-refractivity contribution in [2.75, 3.05) is 0 Å². The molecular weight excluding hydrogens is 349 g/mol. The van der Waals surface area contributed by atoms with Gasteiger partial charge in [0.2, 0.25) is 0 Å². The highest BCUT2D eigenvalue weighted by molar-refractivity contribution is 6.42. The minimum atomic E-state index is -1.25. The summed E-state index contributed by atoms with van der Waals surface area (Å²) in [5, 5.41) is 9.85. The van der Waals surface area contributed by atoms with Crippen LogP contribution in [-0.2, 0) is 4.79 Å². The second-order valence-electron chi connectivity index (χ2n) is 4.86. The van der Waals surface area contributed by atoms with Crippen LogP contribution in [0.4, 0.5) is 0 Å². The van der Waals surface area contributed by atoms with E-state index in [0.717, 1.165) is 16.7 Å². The van der Waals surface area contributed by atoms with Gasteiger partial charge in [-0.05, 0) is 34.9 Å². The monoisotopic (exact) mass is 363 g/mol. The third-order valence-electron chi connectivity index (χ3n) is 3.28. The zero-order chi connectivity index (χ0) is 17.7. The molecule has 2 aromatic carbocycles. The van der Waals surface area contributed by atoms with Gasteiger partial charge in [0.1, 0.15) is 5.70 Å². The van der Waals surface area contributed by atoms with Gasteiger partial charge in [-0.3, -0.25) is 5.84 Å². The fourth-order valence-corrected chi connectivity index (χ4v) is 2.27. The topological polar surface area (TPSA) is 101 Å². The highest BCUT2D eigenvalue weighted by Crippen LogP contribution is 2.28. The second-order valence-corrected chi connectivity index (χ2v) is 5.68. The van der Waals surface area contributed by atoms with Crippen molar-refractivity contribution >= 4 is 35.2 Å². The average Bonchev–Trinajstić information content (AvgIpc) is 2.58. The molecule has 0 spiro atoms. The second kappa shape index (κ2) is 7.88. The van der Waals surface area contributed by atoms with Gasteiger partial charge in [0.25, 0.3) is 0 Å². The number of allylic oxidation sites excluding steroid dienone is 1. The molecular formula is C17H15Cl2N3O2. The van der Waals surface area contributed by atoms with E-state index in [4.69, 9.17) is 39.9 Å². The number of carboxylic acid groups (broad SMARTS) is 1. The number of carbonyl (C=O) groups is 1. The van der Waals surface area contributed by atoms with Crippen LogP contribution in [0, 0.1) is 0 Å². The van der Waals surface area contributed by atoms with Crippen LogP contribution < -0.4 is 17.0 Å². The summed E-state index contributed by atoms with van der Waals surface area (Å²) in [5.74, 6) is 4.03. The van der Waals surface area contributed by atoms with E-state index in [0.29, 0.717) is 10.0 Å². The minimum absolute atomic E-state index is 0.121. The zero-order valence-electron chi connectivity index (χ0n) is 12.5. The van der Waals surface area contributed by atoms with E-state index in [1.165, 1.54) is 6.08 Å². The summed E-state index contributed by atoms with van der Waals surface area (Å²) < 4.78 is 0. The molecule has 24 heavy (non-hydrogen) atoms. The molecule has 0 aliphatic carbocycles. The molecule has 5 nitrogen and oxygen atoms in total. The lowest BCUT2D eigenvalue weighted by molar-refractivity contribution is -0.132. The van der Waals surface area contributed by atoms with E-state index in [1.807, 2.05) is 30.3 Å². The summed E-state index contributed by atoms with van der Waals surface area (Å²) in [5.41, 5.74) is 10.2. The molecule has 0 aliphatic heterocycles. The molecule has 6 N–H and O–H groups in total. The lowest BCUT2D eigenvalue weighted by Gasteiger charge is -2.05. The third kappa shape index (κ3) is 4.29. The summed E-state index contributed by atoms with van der Waals surface area (Å²) in [6.45, 7) is 0. The van der Waals surface area contributed by atoms with Gasteiger partial charge in [-0.25, -0.2) is 4.79 Å². The number of hydrogen-bond acceptors (Lipinski definition) is 4. The van der Waals surface area contributed by atoms with Crippen LogP contribution in [0.15, 0.2) is 59.9 Å². The maximum atomic E-state index is 10.8. The fraction of sp³-hybridized carbons (Fsp3) is 0. The van der Waals surface area contributed by atoms with Crippen molar-refractivity contribution in [3.05, 3.63) is 75.5 Å². The Balaban J connectivity index is 2.23. The van der Waals surface area contributed by atoms with Gasteiger partial charge < -0.3 is 16.3 Å². The van der Waals surface area contributed by atoms with E-state index in [2.05, 4.69) is 5.43 Å². The number of nitrogens with two attached hydrogens (primary N) is 2. The average molecular weight is 364 g/mol. The van der Waals surface area contributed by atoms with Crippen LogP contribution in [0.25, 0.3) is 17.2 Å². The highest BCUT2D eigenvalue weighted by Gasteiger charge is 2.06. The molecule has 0 radical (unpaired) electrons. The molecule has 2 aromatic rings. The Hall–Kier alpha value is -2.47. The van der Waals surface area contributed by atoms with Gasteiger partial charge in [0.15, 0.2) is 0 Å². The molecule has 0 aliphatic rings. The molecule has 0 unspecified atom stereocenters. The predicted octanol–water partition coefficient (Wildman–Crippen LogP) is 3.39. The van der Waals surface area contributed by atoms with Gasteiger partial charge in [0, 0.05) is 0 Å². The Labute approximate surface area is 149 Å². The van der Waals surface area contributed by atoms with Gasteiger partial charge in [-0.2, -0.15) is 0 Å². The molecule has 7 heteroatoms. The van der Waals surface area contributed by atoms with Gasteiger partial charge in [0.05, 0.1) is 15.7 Å². The first-order chi connectivity index (χ1) is 11.4. The van der Waals surface area contributed by atoms with E-state index in [9.17, 15) is 4.79 Å². The molecule has 2 rings (SSSR count). The number of rotatable bonds is 5. The molecule has 0 fully saturated rings. The van der Waals surface area contributed by atoms with Crippen molar-refractivity contribution in [1.29, 1.82) is 0 Å². The van der Waals surface area contributed by atoms with Crippen LogP contribution in [0.5, 0.6) is 0 Å². The quantitative estimate of drug-likeness (QED) is 0.282. The summed E-state index contributed by atoms with van der Waals surface area (Å²) in [6, 6.07) is 13.0. The first kappa shape index (κ1) is 17.9. The highest BCUT2D eigenvalue weighted by atomic mass is 35.5. The van der Waals surface area contributed by atoms with Crippen molar-refractivity contribution in [3.63, 3.8) is 0 Å². The number of halogens is 2. The third-order valence-corrected chi connectivity index (χ3v) is 4.02. The Morgan fingerprint density at radius 2 is 1.67 bits per heavy atom. The number of hydrogen-bond donors (Lipinski definition) is 4. The van der Waals surface area contributed by atoms with E-state index in [1.54, 1.807) is 18.2 Å². The van der Waals surface area contributed by atoms with Crippen LogP contribution in [0.3, 0.4) is 0 Å². The van der Waals surface area contributed by atoms with E-state index >= 15 is 0 Å². The number of nitrogens with one attached hydrogen (secondary N) is 1. The van der Waals surface area contributed by atoms with Crippen LogP contribution in [0.1, 0.15) is 5.56 Å². The first-order valence-corrected chi connectivity index (χ1v) is 7.61. The lowest BCUT2D eigenvalue weighted by atomic mass is 10.0. The molecule has 0 aromatic heterocycles. The first-order valence-electron chi connectivity index (χ1n) is 6.85. The summed E-state index contributed by atoms with van der Waals surface area (Å²) in [4.78, 5) is 10.8. The number of carboxylic acids is 1. The lowest BCUT2D eigenvalue weighted by Crippen LogP contribution is -2.26. The van der Waals surface area contributed by atoms with Crippen LogP contribution in [0.2, 0.25) is 10.0 Å². The van der Waals surface area contributed by atoms with Gasteiger partial charge in [-0.15, -0.1) is 0 Å². The summed E-state index contributed by atoms with van der Waals surface area (Å²) in [7, 11) is 0.